The zero-order valence-electron chi connectivity index (χ0n) is 19.6. The first-order chi connectivity index (χ1) is 15.5. The Kier molecular flexibility index (Phi) is 8.54. The lowest BCUT2D eigenvalue weighted by Crippen LogP contribution is -2.33. The summed E-state index contributed by atoms with van der Waals surface area (Å²) in [6.07, 6.45) is 5.22. The van der Waals surface area contributed by atoms with Gasteiger partial charge in [0.05, 0.1) is 13.7 Å². The Hall–Kier alpha value is -3.02. The van der Waals surface area contributed by atoms with Crippen molar-refractivity contribution in [2.45, 2.75) is 46.0 Å². The largest absolute Gasteiger partial charge is 0.493 e. The van der Waals surface area contributed by atoms with E-state index < -0.39 is 0 Å². The third kappa shape index (κ3) is 6.25. The number of aryl methyl sites for hydroxylation is 2. The van der Waals surface area contributed by atoms with Crippen LogP contribution in [-0.4, -0.2) is 39.0 Å². The molecule has 0 fully saturated rings. The molecule has 1 N–H and O–H groups in total. The van der Waals surface area contributed by atoms with Gasteiger partial charge in [-0.2, -0.15) is 0 Å². The summed E-state index contributed by atoms with van der Waals surface area (Å²) in [5.74, 6) is 1.63. The van der Waals surface area contributed by atoms with Crippen molar-refractivity contribution in [3.63, 3.8) is 0 Å². The standard InChI is InChI=1S/C26H34N2O4/c1-18(2)17-32-23-12-9-19(15-24(23)30-3)13-14-27-26(29)25(28-31-4)22-11-10-20-7-5-6-8-21(20)16-22/h9-12,15-16,18H,5-8,13-14,17H2,1-4H3,(H,27,29)/b28-25-. The summed E-state index contributed by atoms with van der Waals surface area (Å²) in [6.45, 7) is 5.32. The molecule has 0 aromatic heterocycles. The molecule has 0 atom stereocenters. The highest BCUT2D eigenvalue weighted by molar-refractivity contribution is 6.45. The molecule has 0 heterocycles. The average molecular weight is 439 g/mol. The molecule has 172 valence electrons. The average Bonchev–Trinajstić information content (AvgIpc) is 2.81. The van der Waals surface area contributed by atoms with Crippen LogP contribution in [0.15, 0.2) is 41.6 Å². The van der Waals surface area contributed by atoms with Gasteiger partial charge in [0, 0.05) is 12.1 Å². The van der Waals surface area contributed by atoms with Crippen molar-refractivity contribution in [1.29, 1.82) is 0 Å². The summed E-state index contributed by atoms with van der Waals surface area (Å²) >= 11 is 0. The normalized spacial score (nSPS) is 13.5. The Labute approximate surface area is 190 Å². The number of amides is 1. The highest BCUT2D eigenvalue weighted by Gasteiger charge is 2.18. The van der Waals surface area contributed by atoms with Crippen molar-refractivity contribution < 1.29 is 19.1 Å². The quantitative estimate of drug-likeness (QED) is 0.443. The summed E-state index contributed by atoms with van der Waals surface area (Å²) in [6, 6.07) is 12.0. The molecule has 1 amide bonds. The molecule has 6 nitrogen and oxygen atoms in total. The number of carbonyl (C=O) groups excluding carboxylic acids is 1. The molecule has 32 heavy (non-hydrogen) atoms. The van der Waals surface area contributed by atoms with E-state index >= 15 is 0 Å². The molecule has 0 saturated carbocycles. The lowest BCUT2D eigenvalue weighted by molar-refractivity contribution is -0.114. The summed E-state index contributed by atoms with van der Waals surface area (Å²) in [5, 5.41) is 6.98. The van der Waals surface area contributed by atoms with E-state index in [2.05, 4.69) is 36.5 Å². The zero-order valence-corrected chi connectivity index (χ0v) is 19.6. The first-order valence-electron chi connectivity index (χ1n) is 11.3. The van der Waals surface area contributed by atoms with Gasteiger partial charge in [0.2, 0.25) is 0 Å². The molecule has 0 aliphatic heterocycles. The van der Waals surface area contributed by atoms with Crippen LogP contribution in [0, 0.1) is 5.92 Å². The fourth-order valence-electron chi connectivity index (χ4n) is 3.84. The topological polar surface area (TPSA) is 69.2 Å². The summed E-state index contributed by atoms with van der Waals surface area (Å²) in [4.78, 5) is 17.8. The van der Waals surface area contributed by atoms with E-state index in [1.54, 1.807) is 7.11 Å². The first kappa shape index (κ1) is 23.6. The minimum Gasteiger partial charge on any atom is -0.493 e. The molecule has 3 rings (SSSR count). The Morgan fingerprint density at radius 3 is 2.53 bits per heavy atom. The van der Waals surface area contributed by atoms with Crippen LogP contribution >= 0.6 is 0 Å². The Morgan fingerprint density at radius 1 is 1.03 bits per heavy atom. The van der Waals surface area contributed by atoms with E-state index in [-0.39, 0.29) is 5.91 Å². The van der Waals surface area contributed by atoms with E-state index in [9.17, 15) is 4.79 Å². The van der Waals surface area contributed by atoms with Crippen LogP contribution in [0.25, 0.3) is 0 Å². The second-order valence-corrected chi connectivity index (χ2v) is 8.51. The van der Waals surface area contributed by atoms with Gasteiger partial charge in [-0.25, -0.2) is 0 Å². The van der Waals surface area contributed by atoms with E-state index in [0.29, 0.717) is 37.0 Å². The van der Waals surface area contributed by atoms with Crippen LogP contribution in [0.3, 0.4) is 0 Å². The minimum absolute atomic E-state index is 0.244. The van der Waals surface area contributed by atoms with Gasteiger partial charge in [0.15, 0.2) is 17.2 Å². The van der Waals surface area contributed by atoms with Crippen LogP contribution in [0.5, 0.6) is 11.5 Å². The molecule has 0 unspecified atom stereocenters. The maximum atomic E-state index is 12.9. The van der Waals surface area contributed by atoms with Crippen molar-refractivity contribution in [2.75, 3.05) is 27.4 Å². The summed E-state index contributed by atoms with van der Waals surface area (Å²) in [7, 11) is 3.09. The maximum Gasteiger partial charge on any atom is 0.273 e. The van der Waals surface area contributed by atoms with Crippen molar-refractivity contribution in [3.05, 3.63) is 58.7 Å². The van der Waals surface area contributed by atoms with E-state index in [1.807, 2.05) is 24.3 Å². The third-order valence-corrected chi connectivity index (χ3v) is 5.52. The Balaban J connectivity index is 1.62. The third-order valence-electron chi connectivity index (χ3n) is 5.52. The number of nitrogens with one attached hydrogen (secondary N) is 1. The number of hydrogen-bond acceptors (Lipinski definition) is 5. The van der Waals surface area contributed by atoms with Gasteiger partial charge in [-0.1, -0.05) is 37.2 Å². The molecule has 0 saturated heterocycles. The zero-order chi connectivity index (χ0) is 22.9. The number of hydrogen-bond donors (Lipinski definition) is 1. The van der Waals surface area contributed by atoms with Crippen molar-refractivity contribution in [2.24, 2.45) is 11.1 Å². The van der Waals surface area contributed by atoms with Gasteiger partial charge in [0.1, 0.15) is 7.11 Å². The fraction of sp³-hybridized carbons (Fsp3) is 0.462. The molecule has 2 aromatic carbocycles. The van der Waals surface area contributed by atoms with Gasteiger partial charge in [-0.15, -0.1) is 0 Å². The summed E-state index contributed by atoms with van der Waals surface area (Å²) < 4.78 is 11.3. The lowest BCUT2D eigenvalue weighted by Gasteiger charge is -2.17. The monoisotopic (exact) mass is 438 g/mol. The predicted molar refractivity (Wildman–Crippen MR) is 127 cm³/mol. The number of carbonyl (C=O) groups is 1. The molecule has 1 aliphatic rings. The van der Waals surface area contributed by atoms with E-state index in [4.69, 9.17) is 14.3 Å². The highest BCUT2D eigenvalue weighted by atomic mass is 16.6. The number of rotatable bonds is 10. The number of benzene rings is 2. The second kappa shape index (κ2) is 11.6. The molecule has 1 aliphatic carbocycles. The van der Waals surface area contributed by atoms with Crippen LogP contribution in [0.1, 0.15) is 48.9 Å². The highest BCUT2D eigenvalue weighted by Crippen LogP contribution is 2.28. The van der Waals surface area contributed by atoms with Gasteiger partial charge in [0.25, 0.3) is 5.91 Å². The van der Waals surface area contributed by atoms with Gasteiger partial charge >= 0.3 is 0 Å². The van der Waals surface area contributed by atoms with Gasteiger partial charge < -0.3 is 19.6 Å². The Morgan fingerprint density at radius 2 is 1.81 bits per heavy atom. The number of methoxy groups -OCH3 is 1. The maximum absolute atomic E-state index is 12.9. The second-order valence-electron chi connectivity index (χ2n) is 8.51. The van der Waals surface area contributed by atoms with Crippen molar-refractivity contribution >= 4 is 11.6 Å². The lowest BCUT2D eigenvalue weighted by atomic mass is 9.89. The van der Waals surface area contributed by atoms with Gasteiger partial charge in [-0.3, -0.25) is 4.79 Å². The Bertz CT molecular complexity index is 953. The van der Waals surface area contributed by atoms with Crippen molar-refractivity contribution in [3.8, 4) is 11.5 Å². The number of ether oxygens (including phenoxy) is 2. The molecule has 0 spiro atoms. The number of fused-ring (bicyclic) bond motifs is 1. The van der Waals surface area contributed by atoms with Gasteiger partial charge in [-0.05, 0) is 72.9 Å². The molecule has 0 bridgehead atoms. The molecule has 2 aromatic rings. The smallest absolute Gasteiger partial charge is 0.273 e. The van der Waals surface area contributed by atoms with Crippen LogP contribution in [0.4, 0.5) is 0 Å². The predicted octanol–water partition coefficient (Wildman–Crippen LogP) is 4.32. The van der Waals surface area contributed by atoms with E-state index in [0.717, 1.165) is 29.7 Å². The number of oxime groups is 1. The first-order valence-corrected chi connectivity index (χ1v) is 11.3. The van der Waals surface area contributed by atoms with Crippen LogP contribution in [-0.2, 0) is 28.9 Å². The van der Waals surface area contributed by atoms with Crippen LogP contribution < -0.4 is 14.8 Å². The molecular formula is C26H34N2O4. The molecule has 6 heteroatoms. The minimum atomic E-state index is -0.244. The van der Waals surface area contributed by atoms with Crippen molar-refractivity contribution in [1.82, 2.24) is 5.32 Å². The molecular weight excluding hydrogens is 404 g/mol. The number of nitrogens with zero attached hydrogens (tertiary/aromatic N) is 1. The van der Waals surface area contributed by atoms with Crippen LogP contribution in [0.2, 0.25) is 0 Å². The SMILES string of the molecule is CO/N=C(\C(=O)NCCc1ccc(OCC(C)C)c(OC)c1)c1ccc2c(c1)CCCC2. The van der Waals surface area contributed by atoms with E-state index in [1.165, 1.54) is 31.1 Å². The summed E-state index contributed by atoms with van der Waals surface area (Å²) in [5.41, 5.74) is 4.82. The molecule has 0 radical (unpaired) electrons. The fourth-order valence-corrected chi connectivity index (χ4v) is 3.84.